The van der Waals surface area contributed by atoms with Crippen LogP contribution in [0.25, 0.3) is 0 Å². The van der Waals surface area contributed by atoms with Crippen molar-refractivity contribution in [2.24, 2.45) is 5.73 Å². The maximum absolute atomic E-state index is 13.6. The number of rotatable bonds is 5. The zero-order chi connectivity index (χ0) is 15.7. The third-order valence-electron chi connectivity index (χ3n) is 2.47. The van der Waals surface area contributed by atoms with Crippen molar-refractivity contribution in [3.63, 3.8) is 0 Å². The lowest BCUT2D eigenvalue weighted by Gasteiger charge is -2.06. The van der Waals surface area contributed by atoms with E-state index in [9.17, 15) is 14.0 Å². The van der Waals surface area contributed by atoms with E-state index < -0.39 is 17.7 Å². The minimum absolute atomic E-state index is 0.0356. The minimum Gasteiger partial charge on any atom is -0.466 e. The maximum atomic E-state index is 13.6. The molecule has 0 atom stereocenters. The highest BCUT2D eigenvalue weighted by atomic mass is 19.1. The Kier molecular flexibility index (Phi) is 6.92. The van der Waals surface area contributed by atoms with E-state index >= 15 is 0 Å². The summed E-state index contributed by atoms with van der Waals surface area (Å²) in [5, 5.41) is 2.46. The first kappa shape index (κ1) is 16.7. The van der Waals surface area contributed by atoms with Crippen LogP contribution in [-0.2, 0) is 9.53 Å². The zero-order valence-corrected chi connectivity index (χ0v) is 11.7. The molecule has 5 nitrogen and oxygen atoms in total. The third kappa shape index (κ3) is 5.63. The number of esters is 1. The van der Waals surface area contributed by atoms with E-state index in [0.29, 0.717) is 5.56 Å². The number of carbonyl (C=O) groups is 2. The van der Waals surface area contributed by atoms with Crippen molar-refractivity contribution >= 4 is 11.9 Å². The molecule has 6 heteroatoms. The quantitative estimate of drug-likeness (QED) is 0.622. The van der Waals surface area contributed by atoms with E-state index in [1.807, 2.05) is 0 Å². The second-order valence-electron chi connectivity index (χ2n) is 4.01. The molecule has 1 aromatic carbocycles. The Morgan fingerprint density at radius 2 is 2.19 bits per heavy atom. The molecule has 0 unspecified atom stereocenters. The van der Waals surface area contributed by atoms with Gasteiger partial charge in [-0.05, 0) is 25.1 Å². The molecule has 1 amide bonds. The molecule has 0 aliphatic rings. The van der Waals surface area contributed by atoms with Crippen LogP contribution >= 0.6 is 0 Å². The van der Waals surface area contributed by atoms with Gasteiger partial charge in [-0.1, -0.05) is 11.8 Å². The van der Waals surface area contributed by atoms with E-state index in [1.165, 1.54) is 18.2 Å². The molecule has 0 saturated heterocycles. The van der Waals surface area contributed by atoms with Crippen LogP contribution in [0.3, 0.4) is 0 Å². The Morgan fingerprint density at radius 1 is 1.43 bits per heavy atom. The van der Waals surface area contributed by atoms with Crippen LogP contribution in [0.4, 0.5) is 4.39 Å². The van der Waals surface area contributed by atoms with Gasteiger partial charge in [-0.3, -0.25) is 9.59 Å². The highest BCUT2D eigenvalue weighted by molar-refractivity contribution is 5.95. The summed E-state index contributed by atoms with van der Waals surface area (Å²) in [7, 11) is 0. The molecule has 0 radical (unpaired) electrons. The van der Waals surface area contributed by atoms with Crippen LogP contribution in [0.5, 0.6) is 0 Å². The smallest absolute Gasteiger partial charge is 0.307 e. The van der Waals surface area contributed by atoms with Crippen molar-refractivity contribution in [2.75, 3.05) is 19.7 Å². The summed E-state index contributed by atoms with van der Waals surface area (Å²) in [5.74, 6) is 3.68. The van der Waals surface area contributed by atoms with E-state index in [-0.39, 0.29) is 31.7 Å². The molecule has 0 aliphatic carbocycles. The maximum Gasteiger partial charge on any atom is 0.307 e. The number of benzene rings is 1. The number of nitrogens with two attached hydrogens (primary N) is 1. The summed E-state index contributed by atoms with van der Waals surface area (Å²) in [6, 6.07) is 3.98. The summed E-state index contributed by atoms with van der Waals surface area (Å²) in [6.07, 6.45) is 0.0356. The number of carbonyl (C=O) groups excluding carboxylic acids is 2. The molecule has 0 spiro atoms. The van der Waals surface area contributed by atoms with Crippen molar-refractivity contribution < 1.29 is 18.7 Å². The second kappa shape index (κ2) is 8.72. The summed E-state index contributed by atoms with van der Waals surface area (Å²) in [6.45, 7) is 2.23. The molecule has 0 bridgehead atoms. The molecule has 0 aliphatic heterocycles. The summed E-state index contributed by atoms with van der Waals surface area (Å²) in [5.41, 5.74) is 5.63. The number of halogens is 1. The number of hydrogen-bond acceptors (Lipinski definition) is 4. The Labute approximate surface area is 122 Å². The third-order valence-corrected chi connectivity index (χ3v) is 2.47. The summed E-state index contributed by atoms with van der Waals surface area (Å²) >= 11 is 0. The van der Waals surface area contributed by atoms with Crippen molar-refractivity contribution in [1.82, 2.24) is 5.32 Å². The SMILES string of the molecule is CCOC(=O)CCNC(=O)c1cc(C#CCN)ccc1F. The van der Waals surface area contributed by atoms with Gasteiger partial charge in [-0.2, -0.15) is 0 Å². The van der Waals surface area contributed by atoms with E-state index in [4.69, 9.17) is 10.5 Å². The van der Waals surface area contributed by atoms with Gasteiger partial charge >= 0.3 is 5.97 Å². The second-order valence-corrected chi connectivity index (χ2v) is 4.01. The lowest BCUT2D eigenvalue weighted by Crippen LogP contribution is -2.27. The summed E-state index contributed by atoms with van der Waals surface area (Å²) < 4.78 is 18.3. The van der Waals surface area contributed by atoms with Crippen LogP contribution in [0.15, 0.2) is 18.2 Å². The molecule has 112 valence electrons. The lowest BCUT2D eigenvalue weighted by molar-refractivity contribution is -0.142. The minimum atomic E-state index is -0.651. The topological polar surface area (TPSA) is 81.4 Å². The Hall–Kier alpha value is -2.39. The van der Waals surface area contributed by atoms with Gasteiger partial charge in [-0.15, -0.1) is 0 Å². The van der Waals surface area contributed by atoms with Crippen LogP contribution in [0.1, 0.15) is 29.3 Å². The molecule has 0 fully saturated rings. The van der Waals surface area contributed by atoms with E-state index in [2.05, 4.69) is 17.2 Å². The summed E-state index contributed by atoms with van der Waals surface area (Å²) in [4.78, 5) is 23.0. The Balaban J connectivity index is 2.67. The molecule has 1 rings (SSSR count). The number of nitrogens with one attached hydrogen (secondary N) is 1. The van der Waals surface area contributed by atoms with Crippen molar-refractivity contribution in [1.29, 1.82) is 0 Å². The fraction of sp³-hybridized carbons (Fsp3) is 0.333. The van der Waals surface area contributed by atoms with Crippen molar-refractivity contribution in [2.45, 2.75) is 13.3 Å². The fourth-order valence-corrected chi connectivity index (χ4v) is 1.54. The zero-order valence-electron chi connectivity index (χ0n) is 11.7. The van der Waals surface area contributed by atoms with Crippen LogP contribution < -0.4 is 11.1 Å². The van der Waals surface area contributed by atoms with Crippen LogP contribution in [0, 0.1) is 17.7 Å². The van der Waals surface area contributed by atoms with Crippen LogP contribution in [0.2, 0.25) is 0 Å². The Morgan fingerprint density at radius 3 is 2.86 bits per heavy atom. The molecule has 1 aromatic rings. The molecule has 0 heterocycles. The average Bonchev–Trinajstić information content (AvgIpc) is 2.46. The number of ether oxygens (including phenoxy) is 1. The predicted molar refractivity (Wildman–Crippen MR) is 75.9 cm³/mol. The average molecular weight is 292 g/mol. The van der Waals surface area contributed by atoms with Gasteiger partial charge in [0.1, 0.15) is 5.82 Å². The Bertz CT molecular complexity index is 576. The first-order chi connectivity index (χ1) is 10.1. The van der Waals surface area contributed by atoms with Gasteiger partial charge in [0.2, 0.25) is 0 Å². The molecular formula is C15H17FN2O3. The molecule has 0 aromatic heterocycles. The van der Waals surface area contributed by atoms with Gasteiger partial charge < -0.3 is 15.8 Å². The largest absolute Gasteiger partial charge is 0.466 e. The number of hydrogen-bond donors (Lipinski definition) is 2. The highest BCUT2D eigenvalue weighted by Gasteiger charge is 2.12. The first-order valence-electron chi connectivity index (χ1n) is 6.50. The normalized spacial score (nSPS) is 9.48. The first-order valence-corrected chi connectivity index (χ1v) is 6.50. The van der Waals surface area contributed by atoms with E-state index in [0.717, 1.165) is 0 Å². The molecular weight excluding hydrogens is 275 g/mol. The van der Waals surface area contributed by atoms with E-state index in [1.54, 1.807) is 6.92 Å². The van der Waals surface area contributed by atoms with Crippen molar-refractivity contribution in [3.8, 4) is 11.8 Å². The highest BCUT2D eigenvalue weighted by Crippen LogP contribution is 2.10. The van der Waals surface area contributed by atoms with Gasteiger partial charge in [0.15, 0.2) is 0 Å². The molecule has 21 heavy (non-hydrogen) atoms. The lowest BCUT2D eigenvalue weighted by atomic mass is 10.1. The van der Waals surface area contributed by atoms with Gasteiger partial charge in [-0.25, -0.2) is 4.39 Å². The monoisotopic (exact) mass is 292 g/mol. The van der Waals surface area contributed by atoms with Crippen LogP contribution in [-0.4, -0.2) is 31.6 Å². The number of amides is 1. The standard InChI is InChI=1S/C15H17FN2O3/c1-2-21-14(19)7-9-18-15(20)12-10-11(4-3-8-17)5-6-13(12)16/h5-6,10H,2,7-9,17H2,1H3,(H,18,20). The van der Waals surface area contributed by atoms with Gasteiger partial charge in [0, 0.05) is 12.1 Å². The van der Waals surface area contributed by atoms with Gasteiger partial charge in [0.05, 0.1) is 25.1 Å². The predicted octanol–water partition coefficient (Wildman–Crippen LogP) is 0.819. The molecule has 0 saturated carbocycles. The van der Waals surface area contributed by atoms with Crippen molar-refractivity contribution in [3.05, 3.63) is 35.1 Å². The molecule has 3 N–H and O–H groups in total. The fourth-order valence-electron chi connectivity index (χ4n) is 1.54. The van der Waals surface area contributed by atoms with Gasteiger partial charge in [0.25, 0.3) is 5.91 Å².